The van der Waals surface area contributed by atoms with Crippen LogP contribution in [0.3, 0.4) is 0 Å². The number of hydrogen-bond donors (Lipinski definition) is 2. The molecule has 2 aromatic carbocycles. The molecule has 0 aliphatic heterocycles. The van der Waals surface area contributed by atoms with Crippen molar-refractivity contribution in [1.82, 2.24) is 20.1 Å². The largest absolute Gasteiger partial charge is 0.481 e. The molecule has 0 spiro atoms. The normalized spacial score (nSPS) is 10.9. The molecule has 0 atom stereocenters. The number of benzene rings is 2. The smallest absolute Gasteiger partial charge is 0.279 e. The minimum absolute atomic E-state index is 0.0441. The molecule has 1 amide bonds. The Hall–Kier alpha value is -3.72. The first-order valence-electron chi connectivity index (χ1n) is 12.0. The predicted octanol–water partition coefficient (Wildman–Crippen LogP) is 5.58. The lowest BCUT2D eigenvalue weighted by atomic mass is 10.00. The molecular weight excluding hydrogens is 525 g/mol. The summed E-state index contributed by atoms with van der Waals surface area (Å²) in [6.07, 6.45) is 2.42. The summed E-state index contributed by atoms with van der Waals surface area (Å²) < 4.78 is 6.63. The number of amides is 1. The minimum atomic E-state index is -0.586. The topological polar surface area (TPSA) is 98.1 Å². The van der Waals surface area contributed by atoms with Gasteiger partial charge in [0.2, 0.25) is 5.88 Å². The molecule has 2 N–H and O–H groups in total. The van der Waals surface area contributed by atoms with Crippen LogP contribution < -0.4 is 20.9 Å². The molecule has 4 aromatic rings. The molecule has 0 saturated carbocycles. The van der Waals surface area contributed by atoms with Gasteiger partial charge in [0.1, 0.15) is 5.56 Å². The highest BCUT2D eigenvalue weighted by atomic mass is 35.5. The number of ether oxygens (including phenoxy) is 1. The zero-order valence-electron chi connectivity index (χ0n) is 21.2. The number of pyridine rings is 1. The van der Waals surface area contributed by atoms with E-state index < -0.39 is 11.5 Å². The Morgan fingerprint density at radius 3 is 2.45 bits per heavy atom. The van der Waals surface area contributed by atoms with Crippen LogP contribution in [0.4, 0.5) is 5.69 Å². The zero-order valence-corrected chi connectivity index (χ0v) is 22.7. The Balaban J connectivity index is 1.67. The van der Waals surface area contributed by atoms with Crippen molar-refractivity contribution in [3.8, 4) is 28.3 Å². The van der Waals surface area contributed by atoms with Crippen molar-refractivity contribution >= 4 is 34.8 Å². The SMILES string of the molecule is CCCNCc1ccc(-c2cccc(-c3cccc(NC(=O)c4ccnn(C)c4=O)c3Cl)c2Cl)nc1OC. The Morgan fingerprint density at radius 2 is 1.71 bits per heavy atom. The lowest BCUT2D eigenvalue weighted by Crippen LogP contribution is -2.28. The average molecular weight is 552 g/mol. The van der Waals surface area contributed by atoms with Gasteiger partial charge in [-0.05, 0) is 31.2 Å². The number of aryl methyl sites for hydroxylation is 1. The third-order valence-electron chi connectivity index (χ3n) is 5.94. The van der Waals surface area contributed by atoms with E-state index in [4.69, 9.17) is 32.9 Å². The lowest BCUT2D eigenvalue weighted by Gasteiger charge is -2.15. The van der Waals surface area contributed by atoms with Crippen molar-refractivity contribution in [3.05, 3.63) is 92.3 Å². The van der Waals surface area contributed by atoms with E-state index in [-0.39, 0.29) is 10.6 Å². The van der Waals surface area contributed by atoms with Gasteiger partial charge in [-0.25, -0.2) is 9.67 Å². The Bertz CT molecular complexity index is 1540. The Kier molecular flexibility index (Phi) is 8.78. The van der Waals surface area contributed by atoms with Crippen molar-refractivity contribution in [2.24, 2.45) is 7.05 Å². The average Bonchev–Trinajstić information content (AvgIpc) is 2.92. The summed E-state index contributed by atoms with van der Waals surface area (Å²) in [6, 6.07) is 16.0. The molecule has 2 aromatic heterocycles. The van der Waals surface area contributed by atoms with Gasteiger partial charge in [-0.15, -0.1) is 0 Å². The van der Waals surface area contributed by atoms with E-state index in [1.807, 2.05) is 36.4 Å². The lowest BCUT2D eigenvalue weighted by molar-refractivity contribution is 0.102. The highest BCUT2D eigenvalue weighted by Gasteiger charge is 2.18. The number of rotatable bonds is 9. The number of hydrogen-bond acceptors (Lipinski definition) is 6. The monoisotopic (exact) mass is 551 g/mol. The minimum Gasteiger partial charge on any atom is -0.481 e. The number of aromatic nitrogens is 3. The molecule has 10 heteroatoms. The molecule has 0 saturated heterocycles. The van der Waals surface area contributed by atoms with Crippen LogP contribution in [-0.2, 0) is 13.6 Å². The summed E-state index contributed by atoms with van der Waals surface area (Å²) in [5.41, 5.74) is 3.39. The number of nitrogens with zero attached hydrogens (tertiary/aromatic N) is 3. The summed E-state index contributed by atoms with van der Waals surface area (Å²) in [7, 11) is 3.07. The summed E-state index contributed by atoms with van der Waals surface area (Å²) in [6.45, 7) is 3.66. The van der Waals surface area contributed by atoms with E-state index in [0.29, 0.717) is 45.5 Å². The molecule has 196 valence electrons. The number of anilines is 1. The van der Waals surface area contributed by atoms with Crippen molar-refractivity contribution in [2.45, 2.75) is 19.9 Å². The van der Waals surface area contributed by atoms with Crippen LogP contribution in [-0.4, -0.2) is 34.3 Å². The number of nitrogens with one attached hydrogen (secondary N) is 2. The fraction of sp³-hybridized carbons (Fsp3) is 0.214. The van der Waals surface area contributed by atoms with Crippen molar-refractivity contribution < 1.29 is 9.53 Å². The second-order valence-electron chi connectivity index (χ2n) is 8.50. The highest BCUT2D eigenvalue weighted by molar-refractivity contribution is 6.39. The molecule has 0 fully saturated rings. The fourth-order valence-corrected chi connectivity index (χ4v) is 4.57. The van der Waals surface area contributed by atoms with Crippen LogP contribution in [0.5, 0.6) is 5.88 Å². The molecular formula is C28H27Cl2N5O3. The quantitative estimate of drug-likeness (QED) is 0.263. The molecule has 2 heterocycles. The van der Waals surface area contributed by atoms with Crippen LogP contribution in [0.2, 0.25) is 10.0 Å². The van der Waals surface area contributed by atoms with Gasteiger partial charge in [-0.3, -0.25) is 9.59 Å². The van der Waals surface area contributed by atoms with Gasteiger partial charge >= 0.3 is 0 Å². The maximum Gasteiger partial charge on any atom is 0.279 e. The van der Waals surface area contributed by atoms with Gasteiger partial charge in [0.25, 0.3) is 11.5 Å². The fourth-order valence-electron chi connectivity index (χ4n) is 3.97. The summed E-state index contributed by atoms with van der Waals surface area (Å²) in [5, 5.41) is 10.7. The molecule has 0 aliphatic carbocycles. The van der Waals surface area contributed by atoms with Gasteiger partial charge in [0.15, 0.2) is 0 Å². The molecule has 0 bridgehead atoms. The first kappa shape index (κ1) is 27.3. The first-order chi connectivity index (χ1) is 18.3. The van der Waals surface area contributed by atoms with Gasteiger partial charge in [0, 0.05) is 42.0 Å². The summed E-state index contributed by atoms with van der Waals surface area (Å²) >= 11 is 13.6. The van der Waals surface area contributed by atoms with Crippen LogP contribution in [0.1, 0.15) is 29.3 Å². The summed E-state index contributed by atoms with van der Waals surface area (Å²) in [5.74, 6) is -0.0609. The first-order valence-corrected chi connectivity index (χ1v) is 12.8. The van der Waals surface area contributed by atoms with Gasteiger partial charge in [-0.1, -0.05) is 66.5 Å². The third kappa shape index (κ3) is 5.72. The van der Waals surface area contributed by atoms with Gasteiger partial charge in [0.05, 0.1) is 28.5 Å². The van der Waals surface area contributed by atoms with Crippen LogP contribution in [0.15, 0.2) is 65.6 Å². The van der Waals surface area contributed by atoms with Crippen molar-refractivity contribution in [3.63, 3.8) is 0 Å². The molecule has 0 unspecified atom stereocenters. The van der Waals surface area contributed by atoms with E-state index in [9.17, 15) is 9.59 Å². The second-order valence-corrected chi connectivity index (χ2v) is 9.26. The maximum absolute atomic E-state index is 12.8. The summed E-state index contributed by atoms with van der Waals surface area (Å²) in [4.78, 5) is 29.8. The number of halogens is 2. The molecule has 8 nitrogen and oxygen atoms in total. The van der Waals surface area contributed by atoms with E-state index in [0.717, 1.165) is 23.2 Å². The van der Waals surface area contributed by atoms with Crippen LogP contribution in [0.25, 0.3) is 22.4 Å². The Morgan fingerprint density at radius 1 is 1.00 bits per heavy atom. The highest BCUT2D eigenvalue weighted by Crippen LogP contribution is 2.41. The van der Waals surface area contributed by atoms with E-state index >= 15 is 0 Å². The maximum atomic E-state index is 12.8. The molecule has 0 aliphatic rings. The predicted molar refractivity (Wildman–Crippen MR) is 151 cm³/mol. The zero-order chi connectivity index (χ0) is 27.2. The van der Waals surface area contributed by atoms with Gasteiger partial charge < -0.3 is 15.4 Å². The van der Waals surface area contributed by atoms with E-state index in [2.05, 4.69) is 22.7 Å². The van der Waals surface area contributed by atoms with E-state index in [1.165, 1.54) is 19.3 Å². The van der Waals surface area contributed by atoms with Crippen LogP contribution >= 0.6 is 23.2 Å². The van der Waals surface area contributed by atoms with Crippen molar-refractivity contribution in [1.29, 1.82) is 0 Å². The standard InChI is InChI=1S/C28H27Cl2N5O3/c1-4-14-31-16-17-11-12-22(34-27(17)38-3)20-9-5-7-18(24(20)29)19-8-6-10-23(25(19)30)33-26(36)21-13-15-32-35(2)28(21)37/h5-13,15,31H,4,14,16H2,1-3H3,(H,33,36). The van der Waals surface area contributed by atoms with E-state index in [1.54, 1.807) is 19.2 Å². The molecule has 0 radical (unpaired) electrons. The third-order valence-corrected chi connectivity index (χ3v) is 6.75. The number of carbonyl (C=O) groups is 1. The Labute approximate surface area is 230 Å². The number of methoxy groups -OCH3 is 1. The van der Waals surface area contributed by atoms with Crippen LogP contribution in [0, 0.1) is 0 Å². The second kappa shape index (κ2) is 12.2. The van der Waals surface area contributed by atoms with Gasteiger partial charge in [-0.2, -0.15) is 5.10 Å². The van der Waals surface area contributed by atoms with Crippen molar-refractivity contribution in [2.75, 3.05) is 19.0 Å². The molecule has 38 heavy (non-hydrogen) atoms. The molecule has 4 rings (SSSR count). The number of carbonyl (C=O) groups excluding carboxylic acids is 1.